The fourth-order valence-corrected chi connectivity index (χ4v) is 3.62. The molecule has 1 saturated carbocycles. The predicted octanol–water partition coefficient (Wildman–Crippen LogP) is 2.87. The lowest BCUT2D eigenvalue weighted by Crippen LogP contribution is -2.44. The molecule has 2 aliphatic heterocycles. The fraction of sp³-hybridized carbons (Fsp3) is 0.875. The molecule has 2 heterocycles. The molecule has 0 bridgehead atoms. The van der Waals surface area contributed by atoms with E-state index in [2.05, 4.69) is 4.99 Å². The van der Waals surface area contributed by atoms with Gasteiger partial charge in [0.05, 0.1) is 6.54 Å². The van der Waals surface area contributed by atoms with Crippen LogP contribution in [0.25, 0.3) is 0 Å². The topological polar surface area (TPSA) is 41.9 Å². The monoisotopic (exact) mass is 314 g/mol. The first kappa shape index (κ1) is 15.7. The minimum absolute atomic E-state index is 0.0663. The standard InChI is InChI=1S/C16H24F2N2O2/c1-11-10-19-14(22-11)12-4-8-20(9-5-12)15(21)13-2-6-16(17,18)7-3-13/h11-13H,2-10H2,1H3. The first-order valence-electron chi connectivity index (χ1n) is 8.32. The van der Waals surface area contributed by atoms with E-state index in [4.69, 9.17) is 4.74 Å². The molecule has 3 aliphatic rings. The SMILES string of the molecule is CC1CN=C(C2CCN(C(=O)C3CCC(F)(F)CC3)CC2)O1. The summed E-state index contributed by atoms with van der Waals surface area (Å²) in [6.07, 6.45) is 2.22. The van der Waals surface area contributed by atoms with Crippen LogP contribution in [0.4, 0.5) is 8.78 Å². The predicted molar refractivity (Wildman–Crippen MR) is 79.1 cm³/mol. The number of hydrogen-bond acceptors (Lipinski definition) is 3. The van der Waals surface area contributed by atoms with Gasteiger partial charge in [-0.3, -0.25) is 9.79 Å². The van der Waals surface area contributed by atoms with Gasteiger partial charge in [-0.2, -0.15) is 0 Å². The molecule has 124 valence electrons. The van der Waals surface area contributed by atoms with E-state index < -0.39 is 5.92 Å². The van der Waals surface area contributed by atoms with Crippen molar-refractivity contribution >= 4 is 11.8 Å². The third-order valence-electron chi connectivity index (χ3n) is 5.05. The van der Waals surface area contributed by atoms with Gasteiger partial charge in [0, 0.05) is 37.8 Å². The molecule has 0 aromatic heterocycles. The van der Waals surface area contributed by atoms with Crippen LogP contribution in [0, 0.1) is 11.8 Å². The summed E-state index contributed by atoms with van der Waals surface area (Å²) >= 11 is 0. The Bertz CT molecular complexity index is 449. The van der Waals surface area contributed by atoms with E-state index in [1.165, 1.54) is 0 Å². The van der Waals surface area contributed by atoms with Gasteiger partial charge < -0.3 is 9.64 Å². The molecule has 4 nitrogen and oxygen atoms in total. The van der Waals surface area contributed by atoms with E-state index in [1.54, 1.807) is 0 Å². The summed E-state index contributed by atoms with van der Waals surface area (Å²) in [6, 6.07) is 0. The van der Waals surface area contributed by atoms with Gasteiger partial charge in [-0.15, -0.1) is 0 Å². The summed E-state index contributed by atoms with van der Waals surface area (Å²) in [7, 11) is 0. The highest BCUT2D eigenvalue weighted by Gasteiger charge is 2.39. The highest BCUT2D eigenvalue weighted by atomic mass is 19.3. The molecule has 1 saturated heterocycles. The summed E-state index contributed by atoms with van der Waals surface area (Å²) in [5.41, 5.74) is 0. The van der Waals surface area contributed by atoms with Gasteiger partial charge in [-0.1, -0.05) is 0 Å². The number of carbonyl (C=O) groups excluding carboxylic acids is 1. The maximum atomic E-state index is 13.2. The molecule has 0 aromatic rings. The first-order valence-corrected chi connectivity index (χ1v) is 8.32. The van der Waals surface area contributed by atoms with E-state index in [1.807, 2.05) is 11.8 Å². The second-order valence-corrected chi connectivity index (χ2v) is 6.84. The zero-order valence-electron chi connectivity index (χ0n) is 13.1. The molecule has 3 rings (SSSR count). The van der Waals surface area contributed by atoms with Crippen molar-refractivity contribution in [3.8, 4) is 0 Å². The Kier molecular flexibility index (Phi) is 4.37. The number of amides is 1. The molecule has 22 heavy (non-hydrogen) atoms. The fourth-order valence-electron chi connectivity index (χ4n) is 3.62. The summed E-state index contributed by atoms with van der Waals surface area (Å²) in [6.45, 7) is 4.11. The summed E-state index contributed by atoms with van der Waals surface area (Å²) in [5, 5.41) is 0. The minimum atomic E-state index is -2.57. The van der Waals surface area contributed by atoms with Crippen molar-refractivity contribution in [1.29, 1.82) is 0 Å². The van der Waals surface area contributed by atoms with Gasteiger partial charge in [0.2, 0.25) is 11.8 Å². The summed E-state index contributed by atoms with van der Waals surface area (Å²) in [5.74, 6) is -1.56. The minimum Gasteiger partial charge on any atom is -0.476 e. The number of likely N-dealkylation sites (tertiary alicyclic amines) is 1. The lowest BCUT2D eigenvalue weighted by molar-refractivity contribution is -0.140. The number of halogens is 2. The highest BCUT2D eigenvalue weighted by molar-refractivity contribution is 5.82. The first-order chi connectivity index (χ1) is 10.4. The third-order valence-corrected chi connectivity index (χ3v) is 5.05. The molecule has 1 atom stereocenters. The van der Waals surface area contributed by atoms with Gasteiger partial charge in [0.15, 0.2) is 5.90 Å². The van der Waals surface area contributed by atoms with Crippen LogP contribution in [0.15, 0.2) is 4.99 Å². The molecule has 0 radical (unpaired) electrons. The highest BCUT2D eigenvalue weighted by Crippen LogP contribution is 2.37. The molecule has 1 amide bonds. The van der Waals surface area contributed by atoms with E-state index in [0.29, 0.717) is 31.8 Å². The second-order valence-electron chi connectivity index (χ2n) is 6.84. The maximum absolute atomic E-state index is 13.2. The number of rotatable bonds is 2. The van der Waals surface area contributed by atoms with Crippen LogP contribution in [-0.2, 0) is 9.53 Å². The van der Waals surface area contributed by atoms with Gasteiger partial charge >= 0.3 is 0 Å². The maximum Gasteiger partial charge on any atom is 0.248 e. The van der Waals surface area contributed by atoms with Crippen LogP contribution in [0.2, 0.25) is 0 Å². The van der Waals surface area contributed by atoms with E-state index in [-0.39, 0.29) is 30.8 Å². The second kappa shape index (κ2) is 6.13. The lowest BCUT2D eigenvalue weighted by atomic mass is 9.85. The molecular formula is C16H24F2N2O2. The smallest absolute Gasteiger partial charge is 0.248 e. The van der Waals surface area contributed by atoms with E-state index >= 15 is 0 Å². The zero-order valence-corrected chi connectivity index (χ0v) is 13.1. The molecule has 2 fully saturated rings. The Morgan fingerprint density at radius 2 is 1.86 bits per heavy atom. The number of aliphatic imine (C=N–C) groups is 1. The quantitative estimate of drug-likeness (QED) is 0.786. The molecule has 0 spiro atoms. The average molecular weight is 314 g/mol. The van der Waals surface area contributed by atoms with E-state index in [9.17, 15) is 13.6 Å². The Balaban J connectivity index is 1.48. The molecule has 0 aromatic carbocycles. The molecule has 1 unspecified atom stereocenters. The number of piperidine rings is 1. The zero-order chi connectivity index (χ0) is 15.7. The normalized spacial score (nSPS) is 30.0. The van der Waals surface area contributed by atoms with Crippen molar-refractivity contribution < 1.29 is 18.3 Å². The van der Waals surface area contributed by atoms with Crippen LogP contribution >= 0.6 is 0 Å². The Morgan fingerprint density at radius 1 is 1.23 bits per heavy atom. The third kappa shape index (κ3) is 3.41. The van der Waals surface area contributed by atoms with E-state index in [0.717, 1.165) is 25.3 Å². The number of alkyl halides is 2. The van der Waals surface area contributed by atoms with Crippen LogP contribution in [0.5, 0.6) is 0 Å². The van der Waals surface area contributed by atoms with Gasteiger partial charge in [0.25, 0.3) is 0 Å². The van der Waals surface area contributed by atoms with Crippen molar-refractivity contribution in [2.24, 2.45) is 16.8 Å². The van der Waals surface area contributed by atoms with Crippen molar-refractivity contribution in [2.75, 3.05) is 19.6 Å². The Morgan fingerprint density at radius 3 is 2.41 bits per heavy atom. The van der Waals surface area contributed by atoms with Gasteiger partial charge in [-0.25, -0.2) is 8.78 Å². The molecular weight excluding hydrogens is 290 g/mol. The van der Waals surface area contributed by atoms with Crippen LogP contribution in [-0.4, -0.2) is 48.4 Å². The van der Waals surface area contributed by atoms with Crippen molar-refractivity contribution in [3.05, 3.63) is 0 Å². The Labute approximate surface area is 129 Å². The van der Waals surface area contributed by atoms with Gasteiger partial charge in [-0.05, 0) is 32.6 Å². The van der Waals surface area contributed by atoms with Crippen molar-refractivity contribution in [3.63, 3.8) is 0 Å². The van der Waals surface area contributed by atoms with Crippen LogP contribution in [0.3, 0.4) is 0 Å². The van der Waals surface area contributed by atoms with Gasteiger partial charge in [0.1, 0.15) is 6.10 Å². The summed E-state index contributed by atoms with van der Waals surface area (Å²) in [4.78, 5) is 18.7. The Hall–Kier alpha value is -1.20. The largest absolute Gasteiger partial charge is 0.476 e. The number of ether oxygens (including phenoxy) is 1. The number of nitrogens with zero attached hydrogens (tertiary/aromatic N) is 2. The van der Waals surface area contributed by atoms with Crippen molar-refractivity contribution in [1.82, 2.24) is 4.90 Å². The molecule has 0 N–H and O–H groups in total. The van der Waals surface area contributed by atoms with Crippen LogP contribution < -0.4 is 0 Å². The molecule has 1 aliphatic carbocycles. The van der Waals surface area contributed by atoms with Crippen LogP contribution in [0.1, 0.15) is 45.4 Å². The molecule has 6 heteroatoms. The average Bonchev–Trinajstić information content (AvgIpc) is 2.93. The van der Waals surface area contributed by atoms with Crippen molar-refractivity contribution in [2.45, 2.75) is 57.5 Å². The number of hydrogen-bond donors (Lipinski definition) is 0. The summed E-state index contributed by atoms with van der Waals surface area (Å²) < 4.78 is 32.1. The number of carbonyl (C=O) groups is 1. The lowest BCUT2D eigenvalue weighted by Gasteiger charge is -2.36.